The minimum Gasteiger partial charge on any atom is -0.460 e. The maximum atomic E-state index is 12.3. The van der Waals surface area contributed by atoms with Crippen molar-refractivity contribution in [1.29, 1.82) is 0 Å². The second kappa shape index (κ2) is 8.92. The summed E-state index contributed by atoms with van der Waals surface area (Å²) < 4.78 is 11.2. The zero-order chi connectivity index (χ0) is 20.1. The van der Waals surface area contributed by atoms with Crippen LogP contribution in [0.5, 0.6) is 0 Å². The van der Waals surface area contributed by atoms with Crippen LogP contribution in [0.25, 0.3) is 17.0 Å². The van der Waals surface area contributed by atoms with Gasteiger partial charge in [0.05, 0.1) is 13.2 Å². The fraction of sp³-hybridized carbons (Fsp3) is 0.304. The lowest BCUT2D eigenvalue weighted by atomic mass is 10.1. The van der Waals surface area contributed by atoms with E-state index in [2.05, 4.69) is 15.2 Å². The van der Waals surface area contributed by atoms with Crippen molar-refractivity contribution in [2.24, 2.45) is 0 Å². The highest BCUT2D eigenvalue weighted by atomic mass is 16.5. The number of amides is 1. The number of hydrogen-bond acceptors (Lipinski definition) is 5. The summed E-state index contributed by atoms with van der Waals surface area (Å²) in [6, 6.07) is 11.9. The molecule has 0 bridgehead atoms. The summed E-state index contributed by atoms with van der Waals surface area (Å²) in [4.78, 5) is 19.0. The van der Waals surface area contributed by atoms with Gasteiger partial charge in [-0.2, -0.15) is 0 Å². The standard InChI is InChI=1S/C23H25N3O3/c1-2-20-19(18-5-3-4-6-21(18)29-20)8-10-23(27)25-16-17-7-9-22(24-15-17)26-11-13-28-14-12-26/h3-10,15H,2,11-14,16H2,1H3,(H,25,27)/b10-8+. The van der Waals surface area contributed by atoms with Gasteiger partial charge in [-0.3, -0.25) is 4.79 Å². The molecule has 3 heterocycles. The smallest absolute Gasteiger partial charge is 0.244 e. The number of nitrogens with zero attached hydrogens (tertiary/aromatic N) is 2. The van der Waals surface area contributed by atoms with Gasteiger partial charge in [-0.25, -0.2) is 4.98 Å². The monoisotopic (exact) mass is 391 g/mol. The van der Waals surface area contributed by atoms with E-state index in [9.17, 15) is 4.79 Å². The van der Waals surface area contributed by atoms with E-state index in [4.69, 9.17) is 9.15 Å². The van der Waals surface area contributed by atoms with Crippen LogP contribution in [0.2, 0.25) is 0 Å². The van der Waals surface area contributed by atoms with Crippen molar-refractivity contribution in [3.8, 4) is 0 Å². The maximum Gasteiger partial charge on any atom is 0.244 e. The first-order valence-electron chi connectivity index (χ1n) is 9.98. The van der Waals surface area contributed by atoms with Gasteiger partial charge in [0.1, 0.15) is 17.2 Å². The third-order valence-corrected chi connectivity index (χ3v) is 5.04. The number of fused-ring (bicyclic) bond motifs is 1. The van der Waals surface area contributed by atoms with Gasteiger partial charge >= 0.3 is 0 Å². The van der Waals surface area contributed by atoms with Gasteiger partial charge in [0.2, 0.25) is 5.91 Å². The van der Waals surface area contributed by atoms with Crippen LogP contribution in [0.15, 0.2) is 53.1 Å². The molecule has 3 aromatic rings. The Morgan fingerprint density at radius 3 is 2.79 bits per heavy atom. The van der Waals surface area contributed by atoms with Gasteiger partial charge in [0.25, 0.3) is 0 Å². The van der Waals surface area contributed by atoms with Crippen molar-refractivity contribution in [2.45, 2.75) is 19.9 Å². The highest BCUT2D eigenvalue weighted by Gasteiger charge is 2.12. The highest BCUT2D eigenvalue weighted by Crippen LogP contribution is 2.27. The summed E-state index contributed by atoms with van der Waals surface area (Å²) in [5.41, 5.74) is 2.78. The lowest BCUT2D eigenvalue weighted by Gasteiger charge is -2.27. The fourth-order valence-corrected chi connectivity index (χ4v) is 3.47. The van der Waals surface area contributed by atoms with E-state index in [1.165, 1.54) is 0 Å². The Kier molecular flexibility index (Phi) is 5.91. The molecule has 1 aromatic carbocycles. The molecule has 0 aliphatic carbocycles. The van der Waals surface area contributed by atoms with Crippen LogP contribution < -0.4 is 10.2 Å². The van der Waals surface area contributed by atoms with E-state index in [0.717, 1.165) is 66.4 Å². The van der Waals surface area contributed by atoms with Crippen molar-refractivity contribution in [3.05, 3.63) is 65.6 Å². The van der Waals surface area contributed by atoms with Crippen LogP contribution in [0.4, 0.5) is 5.82 Å². The van der Waals surface area contributed by atoms with Crippen LogP contribution in [-0.2, 0) is 22.5 Å². The van der Waals surface area contributed by atoms with Crippen LogP contribution in [0.1, 0.15) is 23.8 Å². The summed E-state index contributed by atoms with van der Waals surface area (Å²) in [5.74, 6) is 1.69. The zero-order valence-corrected chi connectivity index (χ0v) is 16.6. The first-order chi connectivity index (χ1) is 14.2. The van der Waals surface area contributed by atoms with E-state index in [1.807, 2.05) is 55.6 Å². The maximum absolute atomic E-state index is 12.3. The molecule has 1 amide bonds. The number of aryl methyl sites for hydroxylation is 1. The predicted octanol–water partition coefficient (Wildman–Crippen LogP) is 3.56. The largest absolute Gasteiger partial charge is 0.460 e. The van der Waals surface area contributed by atoms with Crippen LogP contribution in [0, 0.1) is 0 Å². The topological polar surface area (TPSA) is 67.6 Å². The molecule has 6 nitrogen and oxygen atoms in total. The fourth-order valence-electron chi connectivity index (χ4n) is 3.47. The van der Waals surface area contributed by atoms with Gasteiger partial charge in [0, 0.05) is 49.3 Å². The normalized spacial score (nSPS) is 14.6. The summed E-state index contributed by atoms with van der Waals surface area (Å²) in [7, 11) is 0. The lowest BCUT2D eigenvalue weighted by molar-refractivity contribution is -0.116. The van der Waals surface area contributed by atoms with Gasteiger partial charge < -0.3 is 19.4 Å². The van der Waals surface area contributed by atoms with Crippen molar-refractivity contribution >= 4 is 28.8 Å². The van der Waals surface area contributed by atoms with E-state index in [0.29, 0.717) is 6.54 Å². The average Bonchev–Trinajstić information content (AvgIpc) is 3.15. The third kappa shape index (κ3) is 4.49. The highest BCUT2D eigenvalue weighted by molar-refractivity contribution is 5.96. The number of pyridine rings is 1. The number of morpholine rings is 1. The number of hydrogen-bond donors (Lipinski definition) is 1. The Bertz CT molecular complexity index is 1000. The number of nitrogens with one attached hydrogen (secondary N) is 1. The molecule has 0 spiro atoms. The Morgan fingerprint density at radius 1 is 1.21 bits per heavy atom. The SMILES string of the molecule is CCc1oc2ccccc2c1/C=C/C(=O)NCc1ccc(N2CCOCC2)nc1. The number of carbonyl (C=O) groups is 1. The van der Waals surface area contributed by atoms with Gasteiger partial charge in [-0.15, -0.1) is 0 Å². The molecule has 0 radical (unpaired) electrons. The Morgan fingerprint density at radius 2 is 2.03 bits per heavy atom. The first-order valence-corrected chi connectivity index (χ1v) is 9.98. The number of rotatable bonds is 6. The van der Waals surface area contributed by atoms with Crippen molar-refractivity contribution in [1.82, 2.24) is 10.3 Å². The predicted molar refractivity (Wildman–Crippen MR) is 114 cm³/mol. The lowest BCUT2D eigenvalue weighted by Crippen LogP contribution is -2.36. The Hall–Kier alpha value is -3.12. The van der Waals surface area contributed by atoms with Gasteiger partial charge in [-0.1, -0.05) is 31.2 Å². The summed E-state index contributed by atoms with van der Waals surface area (Å²) in [6.45, 7) is 5.66. The molecule has 6 heteroatoms. The number of ether oxygens (including phenoxy) is 1. The molecule has 150 valence electrons. The number of aromatic nitrogens is 1. The zero-order valence-electron chi connectivity index (χ0n) is 16.6. The average molecular weight is 391 g/mol. The second-order valence-corrected chi connectivity index (χ2v) is 6.96. The number of furan rings is 1. The molecule has 1 aliphatic heterocycles. The van der Waals surface area contributed by atoms with E-state index < -0.39 is 0 Å². The quantitative estimate of drug-likeness (QED) is 0.651. The molecule has 0 atom stereocenters. The molecule has 1 saturated heterocycles. The minimum absolute atomic E-state index is 0.144. The third-order valence-electron chi connectivity index (χ3n) is 5.04. The first kappa shape index (κ1) is 19.2. The minimum atomic E-state index is -0.144. The van der Waals surface area contributed by atoms with E-state index in [1.54, 1.807) is 6.08 Å². The summed E-state index contributed by atoms with van der Waals surface area (Å²) >= 11 is 0. The van der Waals surface area contributed by atoms with Crippen molar-refractivity contribution < 1.29 is 13.9 Å². The van der Waals surface area contributed by atoms with Crippen LogP contribution in [-0.4, -0.2) is 37.2 Å². The molecule has 29 heavy (non-hydrogen) atoms. The Balaban J connectivity index is 1.37. The molecule has 1 aliphatic rings. The van der Waals surface area contributed by atoms with Gasteiger partial charge in [-0.05, 0) is 23.8 Å². The number of carbonyl (C=O) groups excluding carboxylic acids is 1. The number of benzene rings is 1. The molecule has 1 fully saturated rings. The molecule has 2 aromatic heterocycles. The van der Waals surface area contributed by atoms with Crippen molar-refractivity contribution in [3.63, 3.8) is 0 Å². The van der Waals surface area contributed by atoms with Crippen LogP contribution in [0.3, 0.4) is 0 Å². The number of anilines is 1. The van der Waals surface area contributed by atoms with Gasteiger partial charge in [0.15, 0.2) is 0 Å². The Labute approximate surface area is 170 Å². The van der Waals surface area contributed by atoms with E-state index in [-0.39, 0.29) is 5.91 Å². The second-order valence-electron chi connectivity index (χ2n) is 6.96. The molecular formula is C23H25N3O3. The van der Waals surface area contributed by atoms with Crippen LogP contribution >= 0.6 is 0 Å². The molecule has 1 N–H and O–H groups in total. The molecule has 0 unspecified atom stereocenters. The van der Waals surface area contributed by atoms with E-state index >= 15 is 0 Å². The molecule has 0 saturated carbocycles. The number of para-hydroxylation sites is 1. The summed E-state index contributed by atoms with van der Waals surface area (Å²) in [5, 5.41) is 3.94. The molecular weight excluding hydrogens is 366 g/mol. The summed E-state index contributed by atoms with van der Waals surface area (Å²) in [6.07, 6.45) is 5.98. The van der Waals surface area contributed by atoms with Crippen molar-refractivity contribution in [2.75, 3.05) is 31.2 Å². The molecule has 4 rings (SSSR count).